The predicted octanol–water partition coefficient (Wildman–Crippen LogP) is 2.46. The largest absolute Gasteiger partial charge is 0.349 e. The first kappa shape index (κ1) is 13.4. The van der Waals surface area contributed by atoms with Gasteiger partial charge in [0.1, 0.15) is 5.78 Å². The molecule has 0 spiro atoms. The molecule has 3 heteroatoms. The molecule has 1 aromatic rings. The first-order valence-corrected chi connectivity index (χ1v) is 5.76. The van der Waals surface area contributed by atoms with Crippen molar-refractivity contribution in [3.63, 3.8) is 0 Å². The van der Waals surface area contributed by atoms with Crippen LogP contribution in [0.3, 0.4) is 0 Å². The fraction of sp³-hybridized carbons (Fsp3) is 0.429. The summed E-state index contributed by atoms with van der Waals surface area (Å²) < 4.78 is 0. The number of nitrogens with one attached hydrogen (secondary N) is 1. The fourth-order valence-electron chi connectivity index (χ4n) is 1.82. The smallest absolute Gasteiger partial charge is 0.227 e. The van der Waals surface area contributed by atoms with E-state index in [1.165, 1.54) is 12.5 Å². The Labute approximate surface area is 102 Å². The molecule has 0 aliphatic carbocycles. The van der Waals surface area contributed by atoms with Gasteiger partial charge in [0, 0.05) is 0 Å². The third kappa shape index (κ3) is 4.02. The molecule has 0 fully saturated rings. The quantitative estimate of drug-likeness (QED) is 0.812. The lowest BCUT2D eigenvalue weighted by molar-refractivity contribution is -0.127. The van der Waals surface area contributed by atoms with Crippen molar-refractivity contribution in [2.24, 2.45) is 0 Å². The van der Waals surface area contributed by atoms with Crippen molar-refractivity contribution in [2.75, 3.05) is 0 Å². The summed E-state index contributed by atoms with van der Waals surface area (Å²) >= 11 is 0. The van der Waals surface area contributed by atoms with Crippen LogP contribution in [0.1, 0.15) is 43.0 Å². The molecule has 1 unspecified atom stereocenters. The highest BCUT2D eigenvalue weighted by Crippen LogP contribution is 2.18. The van der Waals surface area contributed by atoms with Crippen LogP contribution in [0.5, 0.6) is 0 Å². The SMILES string of the molecule is CC(=O)CC(=O)NC(C)c1cc(C)ccc1C. The number of hydrogen-bond donors (Lipinski definition) is 1. The highest BCUT2D eigenvalue weighted by atomic mass is 16.2. The average molecular weight is 233 g/mol. The molecular formula is C14H19NO2. The molecular weight excluding hydrogens is 214 g/mol. The van der Waals surface area contributed by atoms with Gasteiger partial charge < -0.3 is 5.32 Å². The van der Waals surface area contributed by atoms with E-state index in [9.17, 15) is 9.59 Å². The van der Waals surface area contributed by atoms with E-state index >= 15 is 0 Å². The minimum Gasteiger partial charge on any atom is -0.349 e. The maximum Gasteiger partial charge on any atom is 0.227 e. The van der Waals surface area contributed by atoms with Crippen LogP contribution in [-0.2, 0) is 9.59 Å². The molecule has 0 heterocycles. The van der Waals surface area contributed by atoms with Crippen molar-refractivity contribution >= 4 is 11.7 Å². The molecule has 3 nitrogen and oxygen atoms in total. The molecule has 0 aromatic heterocycles. The number of Topliss-reactive ketones (excluding diaryl/α,β-unsaturated/α-hetero) is 1. The Morgan fingerprint density at radius 2 is 1.94 bits per heavy atom. The molecule has 1 amide bonds. The zero-order chi connectivity index (χ0) is 13.0. The summed E-state index contributed by atoms with van der Waals surface area (Å²) in [4.78, 5) is 22.3. The van der Waals surface area contributed by atoms with Gasteiger partial charge in [0.25, 0.3) is 0 Å². The number of carbonyl (C=O) groups is 2. The summed E-state index contributed by atoms with van der Waals surface area (Å²) in [6.45, 7) is 7.39. The van der Waals surface area contributed by atoms with Crippen LogP contribution in [0.2, 0.25) is 0 Å². The van der Waals surface area contributed by atoms with Crippen LogP contribution < -0.4 is 5.32 Å². The van der Waals surface area contributed by atoms with E-state index in [0.29, 0.717) is 0 Å². The van der Waals surface area contributed by atoms with E-state index in [0.717, 1.165) is 11.1 Å². The van der Waals surface area contributed by atoms with Crippen molar-refractivity contribution in [3.05, 3.63) is 34.9 Å². The molecule has 17 heavy (non-hydrogen) atoms. The molecule has 1 rings (SSSR count). The zero-order valence-electron chi connectivity index (χ0n) is 10.8. The van der Waals surface area contributed by atoms with Crippen molar-refractivity contribution in [3.8, 4) is 0 Å². The van der Waals surface area contributed by atoms with Gasteiger partial charge in [-0.1, -0.05) is 23.8 Å². The summed E-state index contributed by atoms with van der Waals surface area (Å²) in [5.41, 5.74) is 3.41. The molecule has 1 N–H and O–H groups in total. The molecule has 0 aliphatic heterocycles. The van der Waals surface area contributed by atoms with Gasteiger partial charge in [-0.25, -0.2) is 0 Å². The van der Waals surface area contributed by atoms with Gasteiger partial charge in [0.05, 0.1) is 12.5 Å². The predicted molar refractivity (Wildman–Crippen MR) is 67.8 cm³/mol. The van der Waals surface area contributed by atoms with Gasteiger partial charge >= 0.3 is 0 Å². The lowest BCUT2D eigenvalue weighted by atomic mass is 10.00. The highest BCUT2D eigenvalue weighted by Gasteiger charge is 2.12. The van der Waals surface area contributed by atoms with Gasteiger partial charge in [0.2, 0.25) is 5.91 Å². The van der Waals surface area contributed by atoms with Gasteiger partial charge in [-0.3, -0.25) is 9.59 Å². The second kappa shape index (κ2) is 5.62. The second-order valence-electron chi connectivity index (χ2n) is 4.53. The Hall–Kier alpha value is -1.64. The number of ketones is 1. The zero-order valence-corrected chi connectivity index (χ0v) is 10.8. The third-order valence-electron chi connectivity index (χ3n) is 2.69. The number of rotatable bonds is 4. The van der Waals surface area contributed by atoms with Crippen molar-refractivity contribution in [1.29, 1.82) is 0 Å². The number of hydrogen-bond acceptors (Lipinski definition) is 2. The Bertz CT molecular complexity index is 438. The Kier molecular flexibility index (Phi) is 4.44. The van der Waals surface area contributed by atoms with Gasteiger partial charge in [-0.15, -0.1) is 0 Å². The highest BCUT2D eigenvalue weighted by molar-refractivity contribution is 5.96. The summed E-state index contributed by atoms with van der Waals surface area (Å²) in [7, 11) is 0. The van der Waals surface area contributed by atoms with E-state index < -0.39 is 0 Å². The van der Waals surface area contributed by atoms with Gasteiger partial charge in [0.15, 0.2) is 0 Å². The van der Waals surface area contributed by atoms with Gasteiger partial charge in [-0.2, -0.15) is 0 Å². The van der Waals surface area contributed by atoms with E-state index in [-0.39, 0.29) is 24.2 Å². The fourth-order valence-corrected chi connectivity index (χ4v) is 1.82. The van der Waals surface area contributed by atoms with Crippen LogP contribution in [0.4, 0.5) is 0 Å². The first-order chi connectivity index (χ1) is 7.90. The molecule has 1 aromatic carbocycles. The second-order valence-corrected chi connectivity index (χ2v) is 4.53. The van der Waals surface area contributed by atoms with Gasteiger partial charge in [-0.05, 0) is 38.8 Å². The van der Waals surface area contributed by atoms with Crippen LogP contribution in [0, 0.1) is 13.8 Å². The molecule has 1 atom stereocenters. The molecule has 0 bridgehead atoms. The van der Waals surface area contributed by atoms with Crippen molar-refractivity contribution in [2.45, 2.75) is 40.2 Å². The summed E-state index contributed by atoms with van der Waals surface area (Å²) in [5.74, 6) is -0.332. The van der Waals surface area contributed by atoms with E-state index in [1.807, 2.05) is 32.9 Å². The average Bonchev–Trinajstić information content (AvgIpc) is 2.20. The van der Waals surface area contributed by atoms with E-state index in [4.69, 9.17) is 0 Å². The molecule has 0 aliphatic rings. The minimum atomic E-state index is -0.217. The summed E-state index contributed by atoms with van der Waals surface area (Å²) in [5, 5.41) is 2.84. The Morgan fingerprint density at radius 3 is 2.53 bits per heavy atom. The summed E-state index contributed by atoms with van der Waals surface area (Å²) in [6, 6.07) is 6.08. The third-order valence-corrected chi connectivity index (χ3v) is 2.69. The Morgan fingerprint density at radius 1 is 1.29 bits per heavy atom. The monoisotopic (exact) mass is 233 g/mol. The van der Waals surface area contributed by atoms with Crippen LogP contribution in [-0.4, -0.2) is 11.7 Å². The van der Waals surface area contributed by atoms with Crippen LogP contribution in [0.15, 0.2) is 18.2 Å². The normalized spacial score (nSPS) is 12.0. The van der Waals surface area contributed by atoms with E-state index in [1.54, 1.807) is 0 Å². The number of aryl methyl sites for hydroxylation is 2. The molecule has 0 saturated heterocycles. The lowest BCUT2D eigenvalue weighted by Gasteiger charge is -2.17. The van der Waals surface area contributed by atoms with E-state index in [2.05, 4.69) is 11.4 Å². The molecule has 0 radical (unpaired) electrons. The van der Waals surface area contributed by atoms with Crippen molar-refractivity contribution in [1.82, 2.24) is 5.32 Å². The lowest BCUT2D eigenvalue weighted by Crippen LogP contribution is -2.28. The minimum absolute atomic E-state index is 0.0464. The first-order valence-electron chi connectivity index (χ1n) is 5.76. The summed E-state index contributed by atoms with van der Waals surface area (Å²) in [6.07, 6.45) is -0.0464. The standard InChI is InChI=1S/C14H19NO2/c1-9-5-6-10(2)13(7-9)12(4)15-14(17)8-11(3)16/h5-7,12H,8H2,1-4H3,(H,15,17). The Balaban J connectivity index is 2.75. The van der Waals surface area contributed by atoms with Crippen LogP contribution >= 0.6 is 0 Å². The topological polar surface area (TPSA) is 46.2 Å². The number of amides is 1. The van der Waals surface area contributed by atoms with Crippen molar-refractivity contribution < 1.29 is 9.59 Å². The number of carbonyl (C=O) groups excluding carboxylic acids is 2. The van der Waals surface area contributed by atoms with Crippen LogP contribution in [0.25, 0.3) is 0 Å². The maximum absolute atomic E-state index is 11.5. The molecule has 92 valence electrons. The molecule has 0 saturated carbocycles. The maximum atomic E-state index is 11.5. The number of benzene rings is 1.